The summed E-state index contributed by atoms with van der Waals surface area (Å²) < 4.78 is 29.7. The standard InChI is InChI=1S/C49H59N7O5S/c1-47(2)17-15-36(40(26-47)49-30-48(3,31-49)32-49)28-53-19-21-54(22-20-53)37-12-14-39(43(24-37)55-44-23-35-16-18-50-46(35)52-41(44)27-51-55)45(57)29-62(60,61)38-13-11-34(42(25-38)56(58)59)10-9-33-7-5-4-6-8-33/h11-14,16,18,23-25,27,33,51H,4-10,15,17,19-22,26,28-32H2,1-3H3. The number of aryl methyl sites for hydroxylation is 1. The summed E-state index contributed by atoms with van der Waals surface area (Å²) in [6.45, 7) is 11.9. The summed E-state index contributed by atoms with van der Waals surface area (Å²) >= 11 is 0. The van der Waals surface area contributed by atoms with E-state index in [-0.39, 0.29) is 16.1 Å². The first kappa shape index (κ1) is 41.1. The number of carbonyl (C=O) groups excluding carboxylic acids is 1. The molecule has 12 nitrogen and oxygen atoms in total. The Morgan fingerprint density at radius 2 is 1.74 bits per heavy atom. The number of nitro benzene ring substituents is 1. The molecule has 1 aliphatic heterocycles. The van der Waals surface area contributed by atoms with Crippen molar-refractivity contribution < 1.29 is 18.1 Å². The molecular formula is C49H59N7O5S. The van der Waals surface area contributed by atoms with Crippen LogP contribution in [0.2, 0.25) is 0 Å². The van der Waals surface area contributed by atoms with Crippen molar-refractivity contribution in [3.8, 4) is 5.69 Å². The highest BCUT2D eigenvalue weighted by molar-refractivity contribution is 7.92. The summed E-state index contributed by atoms with van der Waals surface area (Å²) in [4.78, 5) is 39.9. The molecule has 2 bridgehead atoms. The maximum atomic E-state index is 14.3. The number of piperazine rings is 1. The number of rotatable bonds is 13. The van der Waals surface area contributed by atoms with E-state index < -0.39 is 26.3 Å². The van der Waals surface area contributed by atoms with Crippen LogP contribution in [0.5, 0.6) is 0 Å². The molecule has 5 aromatic rings. The fourth-order valence-corrected chi connectivity index (χ4v) is 13.4. The van der Waals surface area contributed by atoms with Crippen molar-refractivity contribution in [1.29, 1.82) is 0 Å². The lowest BCUT2D eigenvalue weighted by molar-refractivity contribution is -0.385. The number of Topliss-reactive ketones (excluding diaryl/α,β-unsaturated/α-hetero) is 1. The van der Waals surface area contributed by atoms with Gasteiger partial charge in [-0.25, -0.2) is 18.4 Å². The maximum absolute atomic E-state index is 14.3. The van der Waals surface area contributed by atoms with E-state index >= 15 is 0 Å². The average molecular weight is 858 g/mol. The third-order valence-corrected chi connectivity index (χ3v) is 17.0. The normalized spacial score (nSPS) is 24.3. The highest BCUT2D eigenvalue weighted by atomic mass is 32.2. The number of hydrogen-bond donors (Lipinski definition) is 1. The average Bonchev–Trinajstić information content (AvgIpc) is 3.87. The molecular weight excluding hydrogens is 799 g/mol. The molecule has 0 atom stereocenters. The predicted molar refractivity (Wildman–Crippen MR) is 243 cm³/mol. The molecule has 5 aliphatic carbocycles. The molecule has 4 saturated carbocycles. The summed E-state index contributed by atoms with van der Waals surface area (Å²) in [5, 5.41) is 16.4. The van der Waals surface area contributed by atoms with Crippen LogP contribution in [0.4, 0.5) is 11.4 Å². The summed E-state index contributed by atoms with van der Waals surface area (Å²) in [5.41, 5.74) is 8.89. The molecule has 1 N–H and O–H groups in total. The molecule has 0 unspecified atom stereocenters. The van der Waals surface area contributed by atoms with Gasteiger partial charge in [-0.3, -0.25) is 29.6 Å². The SMILES string of the molecule is CC1(C)CCC(CN2CCN(c3ccc(C(=O)CS(=O)(=O)c4ccc(CCC5CCCCC5)c([N+](=O)[O-])c4)c(-n4[nH]cc5nc6nccc6cc54)c3)CC2)=C(C23CC(C)(C2)C3)C1. The molecule has 1 saturated heterocycles. The minimum Gasteiger partial charge on any atom is -0.369 e. The number of fused-ring (bicyclic) bond motifs is 2. The number of aromatic amines is 1. The summed E-state index contributed by atoms with van der Waals surface area (Å²) in [7, 11) is -4.25. The lowest BCUT2D eigenvalue weighted by Gasteiger charge is -2.72. The summed E-state index contributed by atoms with van der Waals surface area (Å²) in [6, 6.07) is 13.6. The van der Waals surface area contributed by atoms with Crippen LogP contribution in [0.25, 0.3) is 27.8 Å². The van der Waals surface area contributed by atoms with Crippen molar-refractivity contribution in [3.63, 3.8) is 0 Å². The second-order valence-electron chi connectivity index (χ2n) is 20.6. The largest absolute Gasteiger partial charge is 0.369 e. The zero-order valence-electron chi connectivity index (χ0n) is 36.4. The lowest BCUT2D eigenvalue weighted by atomic mass is 9.33. The van der Waals surface area contributed by atoms with Crippen molar-refractivity contribution >= 4 is 49.1 Å². The van der Waals surface area contributed by atoms with Crippen LogP contribution in [-0.4, -0.2) is 82.2 Å². The monoisotopic (exact) mass is 857 g/mol. The Hall–Kier alpha value is -4.88. The first-order chi connectivity index (χ1) is 29.7. The van der Waals surface area contributed by atoms with Gasteiger partial charge in [0.05, 0.1) is 21.0 Å². The minimum absolute atomic E-state index is 0.211. The molecule has 0 radical (unpaired) electrons. The topological polar surface area (TPSA) is 147 Å². The van der Waals surface area contributed by atoms with E-state index in [0.29, 0.717) is 51.0 Å². The van der Waals surface area contributed by atoms with E-state index in [1.54, 1.807) is 40.4 Å². The van der Waals surface area contributed by atoms with Gasteiger partial charge in [0, 0.05) is 73.4 Å². The number of allylic oxidation sites excluding steroid dienone is 1. The van der Waals surface area contributed by atoms with Crippen molar-refractivity contribution in [1.82, 2.24) is 24.6 Å². The Kier molecular flexibility index (Phi) is 10.2. The molecule has 4 heterocycles. The molecule has 3 aromatic heterocycles. The fraction of sp³-hybridized carbons (Fsp3) is 0.531. The predicted octanol–water partition coefficient (Wildman–Crippen LogP) is 9.80. The Bertz CT molecular complexity index is 2710. The van der Waals surface area contributed by atoms with Crippen LogP contribution in [0, 0.1) is 32.3 Å². The molecule has 0 spiro atoms. The van der Waals surface area contributed by atoms with Crippen molar-refractivity contribution in [2.45, 2.75) is 109 Å². The second kappa shape index (κ2) is 15.4. The van der Waals surface area contributed by atoms with E-state index in [0.717, 1.165) is 74.6 Å². The molecule has 62 heavy (non-hydrogen) atoms. The lowest BCUT2D eigenvalue weighted by Crippen LogP contribution is -2.61. The number of aromatic nitrogens is 4. The van der Waals surface area contributed by atoms with Crippen LogP contribution in [0.15, 0.2) is 77.0 Å². The molecule has 6 aliphatic rings. The van der Waals surface area contributed by atoms with Gasteiger partial charge in [-0.05, 0) is 110 Å². The number of hydrogen-bond acceptors (Lipinski definition) is 9. The van der Waals surface area contributed by atoms with Gasteiger partial charge in [0.25, 0.3) is 5.69 Å². The first-order valence-electron chi connectivity index (χ1n) is 22.8. The van der Waals surface area contributed by atoms with E-state index in [9.17, 15) is 23.3 Å². The van der Waals surface area contributed by atoms with E-state index in [2.05, 4.69) is 40.7 Å². The number of carbonyl (C=O) groups is 1. The molecule has 0 amide bonds. The molecule has 326 valence electrons. The van der Waals surface area contributed by atoms with E-state index in [1.165, 1.54) is 63.9 Å². The number of sulfone groups is 1. The number of H-pyrrole nitrogens is 1. The molecule has 2 aromatic carbocycles. The second-order valence-corrected chi connectivity index (χ2v) is 22.6. The van der Waals surface area contributed by atoms with Gasteiger partial charge in [-0.2, -0.15) is 0 Å². The van der Waals surface area contributed by atoms with Gasteiger partial charge in [0.1, 0.15) is 11.3 Å². The number of benzene rings is 2. The zero-order valence-corrected chi connectivity index (χ0v) is 37.2. The van der Waals surface area contributed by atoms with E-state index in [4.69, 9.17) is 4.98 Å². The van der Waals surface area contributed by atoms with Crippen LogP contribution in [-0.2, 0) is 16.3 Å². The van der Waals surface area contributed by atoms with Crippen LogP contribution in [0.1, 0.15) is 114 Å². The third kappa shape index (κ3) is 7.67. The molecule has 5 fully saturated rings. The minimum atomic E-state index is -4.25. The van der Waals surface area contributed by atoms with Crippen molar-refractivity contribution in [2.24, 2.45) is 22.2 Å². The fourth-order valence-electron chi connectivity index (χ4n) is 12.2. The van der Waals surface area contributed by atoms with Gasteiger partial charge >= 0.3 is 0 Å². The Labute approximate surface area is 364 Å². The molecule has 11 rings (SSSR count). The van der Waals surface area contributed by atoms with E-state index in [1.807, 2.05) is 24.3 Å². The van der Waals surface area contributed by atoms with Gasteiger partial charge in [0.2, 0.25) is 0 Å². The highest BCUT2D eigenvalue weighted by Crippen LogP contribution is 2.77. The number of nitrogens with zero attached hydrogens (tertiary/aromatic N) is 6. The summed E-state index contributed by atoms with van der Waals surface area (Å²) in [5.74, 6) is -0.902. The maximum Gasteiger partial charge on any atom is 0.273 e. The van der Waals surface area contributed by atoms with Gasteiger partial charge < -0.3 is 4.90 Å². The smallest absolute Gasteiger partial charge is 0.273 e. The van der Waals surface area contributed by atoms with Crippen LogP contribution >= 0.6 is 0 Å². The molecule has 13 heteroatoms. The number of ketones is 1. The number of nitrogens with one attached hydrogen (secondary N) is 1. The first-order valence-corrected chi connectivity index (χ1v) is 24.5. The Balaban J connectivity index is 0.907. The third-order valence-electron chi connectivity index (χ3n) is 15.3. The zero-order chi connectivity index (χ0) is 43.0. The number of pyridine rings is 1. The summed E-state index contributed by atoms with van der Waals surface area (Å²) in [6.07, 6.45) is 18.5. The van der Waals surface area contributed by atoms with Crippen molar-refractivity contribution in [2.75, 3.05) is 43.4 Å². The van der Waals surface area contributed by atoms with Gasteiger partial charge in [-0.1, -0.05) is 70.1 Å². The van der Waals surface area contributed by atoms with Crippen molar-refractivity contribution in [3.05, 3.63) is 93.3 Å². The Morgan fingerprint density at radius 1 is 0.968 bits per heavy atom. The van der Waals surface area contributed by atoms with Crippen LogP contribution < -0.4 is 4.90 Å². The van der Waals surface area contributed by atoms with Gasteiger partial charge in [0.15, 0.2) is 21.3 Å². The van der Waals surface area contributed by atoms with Crippen LogP contribution in [0.3, 0.4) is 0 Å². The number of nitro groups is 1. The quantitative estimate of drug-likeness (QED) is 0.0529. The van der Waals surface area contributed by atoms with Gasteiger partial charge in [-0.15, -0.1) is 0 Å². The highest BCUT2D eigenvalue weighted by Gasteiger charge is 2.66. The number of anilines is 1. The Morgan fingerprint density at radius 3 is 2.48 bits per heavy atom.